The van der Waals surface area contributed by atoms with Gasteiger partial charge in [0.15, 0.2) is 0 Å². The van der Waals surface area contributed by atoms with Crippen molar-refractivity contribution < 1.29 is 0 Å². The molecule has 0 bridgehead atoms. The number of anilines is 1. The number of likely N-dealkylation sites (tertiary alicyclic amines) is 1. The molecule has 5 rings (SSSR count). The predicted octanol–water partition coefficient (Wildman–Crippen LogP) is 7.26. The third-order valence-corrected chi connectivity index (χ3v) is 7.71. The Balaban J connectivity index is 1.28. The highest BCUT2D eigenvalue weighted by atomic mass is 35.5. The first-order chi connectivity index (χ1) is 14.7. The molecule has 1 saturated heterocycles. The van der Waals surface area contributed by atoms with Crippen molar-refractivity contribution in [1.29, 1.82) is 0 Å². The topological polar surface area (TPSA) is 15.3 Å². The van der Waals surface area contributed by atoms with E-state index in [-0.39, 0.29) is 0 Å². The largest absolute Gasteiger partial charge is 0.377 e. The zero-order valence-corrected chi connectivity index (χ0v) is 18.6. The monoisotopic (exact) mass is 434 g/mol. The first-order valence-corrected chi connectivity index (χ1v) is 12.0. The number of hydrogen-bond donors (Lipinski definition) is 1. The van der Waals surface area contributed by atoms with Gasteiger partial charge in [-0.25, -0.2) is 0 Å². The molecule has 0 spiro atoms. The SMILES string of the molecule is Clc1ccc2c(c1)NC(CC1CCN(Cc3ccccc3)CC1)c1ccccc1S2. The molecule has 3 aromatic rings. The fourth-order valence-electron chi connectivity index (χ4n) is 4.69. The molecule has 0 aromatic heterocycles. The minimum atomic E-state index is 0.332. The lowest BCUT2D eigenvalue weighted by Crippen LogP contribution is -2.34. The summed E-state index contributed by atoms with van der Waals surface area (Å²) in [6.45, 7) is 3.44. The fraction of sp³-hybridized carbons (Fsp3) is 0.308. The summed E-state index contributed by atoms with van der Waals surface area (Å²) in [5.41, 5.74) is 4.00. The number of rotatable bonds is 4. The number of fused-ring (bicyclic) bond motifs is 2. The van der Waals surface area contributed by atoms with E-state index in [0.717, 1.165) is 23.2 Å². The van der Waals surface area contributed by atoms with Crippen molar-refractivity contribution in [1.82, 2.24) is 4.90 Å². The van der Waals surface area contributed by atoms with E-state index in [1.54, 1.807) is 0 Å². The van der Waals surface area contributed by atoms with E-state index >= 15 is 0 Å². The lowest BCUT2D eigenvalue weighted by Gasteiger charge is -2.34. The highest BCUT2D eigenvalue weighted by Crippen LogP contribution is 2.45. The summed E-state index contributed by atoms with van der Waals surface area (Å²) in [5, 5.41) is 4.63. The summed E-state index contributed by atoms with van der Waals surface area (Å²) >= 11 is 8.16. The van der Waals surface area contributed by atoms with Crippen LogP contribution in [-0.2, 0) is 6.54 Å². The van der Waals surface area contributed by atoms with Crippen LogP contribution in [0.4, 0.5) is 5.69 Å². The van der Waals surface area contributed by atoms with Gasteiger partial charge in [0, 0.05) is 21.4 Å². The molecule has 0 saturated carbocycles. The molecule has 30 heavy (non-hydrogen) atoms. The summed E-state index contributed by atoms with van der Waals surface area (Å²) in [7, 11) is 0. The van der Waals surface area contributed by atoms with Crippen molar-refractivity contribution in [3.8, 4) is 0 Å². The smallest absolute Gasteiger partial charge is 0.0528 e. The molecule has 154 valence electrons. The molecule has 2 aliphatic heterocycles. The number of piperidine rings is 1. The maximum Gasteiger partial charge on any atom is 0.0528 e. The Labute approximate surface area is 188 Å². The third-order valence-electron chi connectivity index (χ3n) is 6.31. The quantitative estimate of drug-likeness (QED) is 0.465. The number of hydrogen-bond acceptors (Lipinski definition) is 3. The van der Waals surface area contributed by atoms with E-state index in [1.165, 1.54) is 53.3 Å². The average molecular weight is 435 g/mol. The van der Waals surface area contributed by atoms with E-state index in [9.17, 15) is 0 Å². The zero-order chi connectivity index (χ0) is 20.3. The summed E-state index contributed by atoms with van der Waals surface area (Å²) < 4.78 is 0. The average Bonchev–Trinajstić information content (AvgIpc) is 2.92. The normalized spacial score (nSPS) is 19.4. The minimum absolute atomic E-state index is 0.332. The Kier molecular flexibility index (Phi) is 6.03. The third kappa shape index (κ3) is 4.54. The van der Waals surface area contributed by atoms with Crippen LogP contribution in [0.1, 0.15) is 36.4 Å². The molecule has 2 nitrogen and oxygen atoms in total. The minimum Gasteiger partial charge on any atom is -0.377 e. The van der Waals surface area contributed by atoms with E-state index in [0.29, 0.717) is 6.04 Å². The van der Waals surface area contributed by atoms with Crippen LogP contribution in [0.15, 0.2) is 82.6 Å². The maximum absolute atomic E-state index is 6.31. The van der Waals surface area contributed by atoms with E-state index < -0.39 is 0 Å². The Hall–Kier alpha value is -1.94. The highest BCUT2D eigenvalue weighted by Gasteiger charge is 2.27. The van der Waals surface area contributed by atoms with Gasteiger partial charge in [-0.15, -0.1) is 0 Å². The van der Waals surface area contributed by atoms with Gasteiger partial charge in [0.25, 0.3) is 0 Å². The van der Waals surface area contributed by atoms with Gasteiger partial charge in [-0.3, -0.25) is 4.90 Å². The lowest BCUT2D eigenvalue weighted by atomic mass is 9.87. The Morgan fingerprint density at radius 2 is 1.67 bits per heavy atom. The summed E-state index contributed by atoms with van der Waals surface area (Å²) in [4.78, 5) is 5.22. The predicted molar refractivity (Wildman–Crippen MR) is 127 cm³/mol. The number of nitrogens with one attached hydrogen (secondary N) is 1. The molecule has 1 N–H and O–H groups in total. The zero-order valence-electron chi connectivity index (χ0n) is 17.1. The number of nitrogens with zero attached hydrogens (tertiary/aromatic N) is 1. The van der Waals surface area contributed by atoms with Crippen LogP contribution in [0, 0.1) is 5.92 Å². The van der Waals surface area contributed by atoms with Crippen LogP contribution in [0.5, 0.6) is 0 Å². The van der Waals surface area contributed by atoms with Crippen LogP contribution >= 0.6 is 23.4 Å². The van der Waals surface area contributed by atoms with Gasteiger partial charge in [0.2, 0.25) is 0 Å². The second kappa shape index (κ2) is 9.05. The van der Waals surface area contributed by atoms with Crippen molar-refractivity contribution in [2.75, 3.05) is 18.4 Å². The van der Waals surface area contributed by atoms with E-state index in [2.05, 4.69) is 76.9 Å². The van der Waals surface area contributed by atoms with Crippen LogP contribution in [0.2, 0.25) is 5.02 Å². The molecule has 1 unspecified atom stereocenters. The number of halogens is 1. The van der Waals surface area contributed by atoms with Gasteiger partial charge >= 0.3 is 0 Å². The molecule has 4 heteroatoms. The van der Waals surface area contributed by atoms with E-state index in [1.807, 2.05) is 17.8 Å². The van der Waals surface area contributed by atoms with Crippen molar-refractivity contribution >= 4 is 29.1 Å². The van der Waals surface area contributed by atoms with Crippen molar-refractivity contribution in [2.45, 2.75) is 41.6 Å². The van der Waals surface area contributed by atoms with Gasteiger partial charge in [-0.05, 0) is 73.7 Å². The molecule has 0 radical (unpaired) electrons. The van der Waals surface area contributed by atoms with Crippen molar-refractivity contribution in [2.24, 2.45) is 5.92 Å². The standard InChI is InChI=1S/C26H27ClN2S/c27-21-10-11-26-24(17-21)28-23(22-8-4-5-9-25(22)30-26)16-19-12-14-29(15-13-19)18-20-6-2-1-3-7-20/h1-11,17,19,23,28H,12-16,18H2. The maximum atomic E-state index is 6.31. The number of benzene rings is 3. The molecular formula is C26H27ClN2S. The Morgan fingerprint density at radius 1 is 0.900 bits per heavy atom. The molecule has 3 aromatic carbocycles. The van der Waals surface area contributed by atoms with Gasteiger partial charge < -0.3 is 5.32 Å². The molecule has 1 atom stereocenters. The molecule has 2 heterocycles. The Morgan fingerprint density at radius 3 is 2.50 bits per heavy atom. The van der Waals surface area contributed by atoms with Gasteiger partial charge in [-0.2, -0.15) is 0 Å². The summed E-state index contributed by atoms with van der Waals surface area (Å²) in [6, 6.07) is 26.2. The molecular weight excluding hydrogens is 408 g/mol. The lowest BCUT2D eigenvalue weighted by molar-refractivity contribution is 0.169. The second-order valence-electron chi connectivity index (χ2n) is 8.42. The van der Waals surface area contributed by atoms with Crippen LogP contribution < -0.4 is 5.32 Å². The van der Waals surface area contributed by atoms with Gasteiger partial charge in [0.1, 0.15) is 0 Å². The summed E-state index contributed by atoms with van der Waals surface area (Å²) in [5.74, 6) is 0.744. The fourth-order valence-corrected chi connectivity index (χ4v) is 5.94. The van der Waals surface area contributed by atoms with Gasteiger partial charge in [0.05, 0.1) is 11.7 Å². The Bertz CT molecular complexity index is 999. The molecule has 0 aliphatic carbocycles. The van der Waals surface area contributed by atoms with E-state index in [4.69, 9.17) is 11.6 Å². The van der Waals surface area contributed by atoms with Crippen molar-refractivity contribution in [3.05, 3.63) is 88.9 Å². The first-order valence-electron chi connectivity index (χ1n) is 10.8. The van der Waals surface area contributed by atoms with Gasteiger partial charge in [-0.1, -0.05) is 71.9 Å². The van der Waals surface area contributed by atoms with Crippen LogP contribution in [0.3, 0.4) is 0 Å². The molecule has 0 amide bonds. The van der Waals surface area contributed by atoms with Crippen molar-refractivity contribution in [3.63, 3.8) is 0 Å². The summed E-state index contributed by atoms with van der Waals surface area (Å²) in [6.07, 6.45) is 3.70. The molecule has 1 fully saturated rings. The van der Waals surface area contributed by atoms with Crippen LogP contribution in [0.25, 0.3) is 0 Å². The highest BCUT2D eigenvalue weighted by molar-refractivity contribution is 7.99. The van der Waals surface area contributed by atoms with Crippen LogP contribution in [-0.4, -0.2) is 18.0 Å². The second-order valence-corrected chi connectivity index (χ2v) is 9.94. The first kappa shape index (κ1) is 20.0. The molecule has 2 aliphatic rings.